The van der Waals surface area contributed by atoms with Gasteiger partial charge in [-0.2, -0.15) is 11.8 Å². The number of benzene rings is 1. The molecule has 1 aromatic carbocycles. The van der Waals surface area contributed by atoms with Crippen LogP contribution in [0.2, 0.25) is 0 Å². The average Bonchev–Trinajstić information content (AvgIpc) is 2.95. The molecule has 0 aliphatic carbocycles. The lowest BCUT2D eigenvalue weighted by molar-refractivity contribution is -0.0961. The molecule has 2 saturated heterocycles. The molecule has 0 radical (unpaired) electrons. The van der Waals surface area contributed by atoms with Crippen LogP contribution in [-0.4, -0.2) is 42.0 Å². The van der Waals surface area contributed by atoms with Crippen LogP contribution in [-0.2, 0) is 11.3 Å². The van der Waals surface area contributed by atoms with E-state index in [1.165, 1.54) is 5.75 Å². The predicted molar refractivity (Wildman–Crippen MR) is 83.2 cm³/mol. The van der Waals surface area contributed by atoms with E-state index < -0.39 is 0 Å². The lowest BCUT2D eigenvalue weighted by atomic mass is 9.91. The molecule has 4 nitrogen and oxygen atoms in total. The minimum atomic E-state index is -0.0449. The Morgan fingerprint density at radius 3 is 3.10 bits per heavy atom. The summed E-state index contributed by atoms with van der Waals surface area (Å²) in [5.74, 6) is 3.74. The minimum Gasteiger partial charge on any atom is -0.497 e. The standard InChI is InChI=1S/C16H22O4S/c1-18-13-2-3-15(12(8-13)10-17)20-14-4-6-19-16(9-14)5-7-21-11-16/h2-3,8,14,17H,4-7,9-11H2,1H3. The molecule has 0 aromatic heterocycles. The van der Waals surface area contributed by atoms with Gasteiger partial charge < -0.3 is 19.3 Å². The number of ether oxygens (including phenoxy) is 3. The monoisotopic (exact) mass is 310 g/mol. The molecule has 116 valence electrons. The number of thioether (sulfide) groups is 1. The van der Waals surface area contributed by atoms with E-state index in [0.717, 1.165) is 48.7 Å². The van der Waals surface area contributed by atoms with Crippen LogP contribution >= 0.6 is 11.8 Å². The van der Waals surface area contributed by atoms with Crippen molar-refractivity contribution in [1.82, 2.24) is 0 Å². The van der Waals surface area contributed by atoms with Crippen LogP contribution in [0.4, 0.5) is 0 Å². The summed E-state index contributed by atoms with van der Waals surface area (Å²) in [5.41, 5.74) is 0.787. The fourth-order valence-electron chi connectivity index (χ4n) is 3.05. The fourth-order valence-corrected chi connectivity index (χ4v) is 4.43. The van der Waals surface area contributed by atoms with Gasteiger partial charge in [-0.05, 0) is 30.4 Å². The van der Waals surface area contributed by atoms with Crippen molar-refractivity contribution in [3.05, 3.63) is 23.8 Å². The molecule has 2 aliphatic heterocycles. The van der Waals surface area contributed by atoms with Gasteiger partial charge in [-0.25, -0.2) is 0 Å². The Morgan fingerprint density at radius 1 is 1.48 bits per heavy atom. The molecule has 2 heterocycles. The zero-order valence-corrected chi connectivity index (χ0v) is 13.2. The third-order valence-corrected chi connectivity index (χ3v) is 5.47. The van der Waals surface area contributed by atoms with Crippen molar-refractivity contribution in [2.45, 2.75) is 37.6 Å². The van der Waals surface area contributed by atoms with Crippen LogP contribution in [0.5, 0.6) is 11.5 Å². The maximum atomic E-state index is 9.51. The third kappa shape index (κ3) is 3.30. The van der Waals surface area contributed by atoms with Crippen molar-refractivity contribution < 1.29 is 19.3 Å². The highest BCUT2D eigenvalue weighted by Gasteiger charge is 2.41. The van der Waals surface area contributed by atoms with Gasteiger partial charge in [0.05, 0.1) is 25.9 Å². The van der Waals surface area contributed by atoms with E-state index in [1.54, 1.807) is 7.11 Å². The molecule has 1 spiro atoms. The Hall–Kier alpha value is -0.910. The molecule has 21 heavy (non-hydrogen) atoms. The van der Waals surface area contributed by atoms with Crippen molar-refractivity contribution >= 4 is 11.8 Å². The molecule has 2 fully saturated rings. The van der Waals surface area contributed by atoms with Crippen LogP contribution in [0.3, 0.4) is 0 Å². The van der Waals surface area contributed by atoms with E-state index in [1.807, 2.05) is 30.0 Å². The van der Waals surface area contributed by atoms with Crippen LogP contribution in [0.15, 0.2) is 18.2 Å². The molecule has 2 atom stereocenters. The van der Waals surface area contributed by atoms with Crippen LogP contribution in [0.25, 0.3) is 0 Å². The predicted octanol–water partition coefficient (Wildman–Crippen LogP) is 2.62. The first kappa shape index (κ1) is 15.0. The summed E-state index contributed by atoms with van der Waals surface area (Å²) in [6.07, 6.45) is 3.13. The van der Waals surface area contributed by atoms with Gasteiger partial charge in [-0.1, -0.05) is 0 Å². The molecular weight excluding hydrogens is 288 g/mol. The molecule has 1 N–H and O–H groups in total. The Labute approximate surface area is 129 Å². The summed E-state index contributed by atoms with van der Waals surface area (Å²) in [6, 6.07) is 5.58. The summed E-state index contributed by atoms with van der Waals surface area (Å²) in [6.45, 7) is 0.715. The lowest BCUT2D eigenvalue weighted by Gasteiger charge is -2.37. The van der Waals surface area contributed by atoms with E-state index in [2.05, 4.69) is 0 Å². The molecule has 1 aromatic rings. The first-order valence-corrected chi connectivity index (χ1v) is 8.56. The Kier molecular flexibility index (Phi) is 4.62. The first-order valence-electron chi connectivity index (χ1n) is 7.41. The van der Waals surface area contributed by atoms with Gasteiger partial charge in [-0.15, -0.1) is 0 Å². The van der Waals surface area contributed by atoms with Crippen LogP contribution in [0, 0.1) is 0 Å². The molecule has 2 aliphatic rings. The van der Waals surface area contributed by atoms with Gasteiger partial charge in [0.25, 0.3) is 0 Å². The highest BCUT2D eigenvalue weighted by Crippen LogP contribution is 2.39. The SMILES string of the molecule is COc1ccc(OC2CCOC3(CCSC3)C2)c(CO)c1. The molecule has 3 rings (SSSR count). The van der Waals surface area contributed by atoms with E-state index in [-0.39, 0.29) is 18.3 Å². The zero-order valence-electron chi connectivity index (χ0n) is 12.3. The number of rotatable bonds is 4. The van der Waals surface area contributed by atoms with E-state index in [9.17, 15) is 5.11 Å². The summed E-state index contributed by atoms with van der Waals surface area (Å²) in [4.78, 5) is 0. The molecular formula is C16H22O4S. The largest absolute Gasteiger partial charge is 0.497 e. The number of aliphatic hydroxyl groups is 1. The smallest absolute Gasteiger partial charge is 0.125 e. The van der Waals surface area contributed by atoms with Crippen molar-refractivity contribution in [3.63, 3.8) is 0 Å². The van der Waals surface area contributed by atoms with Crippen molar-refractivity contribution in [3.8, 4) is 11.5 Å². The maximum absolute atomic E-state index is 9.51. The van der Waals surface area contributed by atoms with Crippen LogP contribution in [0.1, 0.15) is 24.8 Å². The second kappa shape index (κ2) is 6.46. The molecule has 0 amide bonds. The van der Waals surface area contributed by atoms with Crippen LogP contribution < -0.4 is 9.47 Å². The van der Waals surface area contributed by atoms with Gasteiger partial charge in [0.1, 0.15) is 17.6 Å². The summed E-state index contributed by atoms with van der Waals surface area (Å²) in [5, 5.41) is 9.51. The summed E-state index contributed by atoms with van der Waals surface area (Å²) >= 11 is 1.96. The minimum absolute atomic E-state index is 0.0133. The average molecular weight is 310 g/mol. The highest BCUT2D eigenvalue weighted by molar-refractivity contribution is 7.99. The lowest BCUT2D eigenvalue weighted by Crippen LogP contribution is -2.43. The number of hydrogen-bond acceptors (Lipinski definition) is 5. The van der Waals surface area contributed by atoms with Crippen molar-refractivity contribution in [2.75, 3.05) is 25.2 Å². The van der Waals surface area contributed by atoms with Gasteiger partial charge in [0.15, 0.2) is 0 Å². The fraction of sp³-hybridized carbons (Fsp3) is 0.625. The number of aliphatic hydroxyl groups excluding tert-OH is 1. The second-order valence-electron chi connectivity index (χ2n) is 5.70. The molecule has 0 saturated carbocycles. The quantitative estimate of drug-likeness (QED) is 0.926. The van der Waals surface area contributed by atoms with E-state index in [4.69, 9.17) is 14.2 Å². The molecule has 0 bridgehead atoms. The maximum Gasteiger partial charge on any atom is 0.125 e. The topological polar surface area (TPSA) is 47.9 Å². The highest BCUT2D eigenvalue weighted by atomic mass is 32.2. The Morgan fingerprint density at radius 2 is 2.38 bits per heavy atom. The van der Waals surface area contributed by atoms with Crippen molar-refractivity contribution in [2.24, 2.45) is 0 Å². The Balaban J connectivity index is 1.71. The van der Waals surface area contributed by atoms with E-state index in [0.29, 0.717) is 0 Å². The molecule has 2 unspecified atom stereocenters. The Bertz CT molecular complexity index is 485. The second-order valence-corrected chi connectivity index (χ2v) is 6.80. The number of hydrogen-bond donors (Lipinski definition) is 1. The normalized spacial score (nSPS) is 28.8. The van der Waals surface area contributed by atoms with Gasteiger partial charge in [-0.3, -0.25) is 0 Å². The zero-order chi connectivity index (χ0) is 14.7. The summed E-state index contributed by atoms with van der Waals surface area (Å²) < 4.78 is 17.4. The first-order chi connectivity index (χ1) is 10.2. The van der Waals surface area contributed by atoms with Gasteiger partial charge in [0.2, 0.25) is 0 Å². The van der Waals surface area contributed by atoms with E-state index >= 15 is 0 Å². The summed E-state index contributed by atoms with van der Waals surface area (Å²) in [7, 11) is 1.62. The van der Waals surface area contributed by atoms with Gasteiger partial charge >= 0.3 is 0 Å². The van der Waals surface area contributed by atoms with Gasteiger partial charge in [0, 0.05) is 24.2 Å². The third-order valence-electron chi connectivity index (χ3n) is 4.25. The molecule has 5 heteroatoms. The number of methoxy groups -OCH3 is 1. The van der Waals surface area contributed by atoms with Crippen molar-refractivity contribution in [1.29, 1.82) is 0 Å².